The lowest BCUT2D eigenvalue weighted by Crippen LogP contribution is -2.26. The van der Waals surface area contributed by atoms with E-state index in [0.717, 1.165) is 5.56 Å². The topological polar surface area (TPSA) is 42.0 Å². The third-order valence-electron chi connectivity index (χ3n) is 2.36. The molecular formula is C12H11FN2OS. The quantitative estimate of drug-likeness (QED) is 0.910. The summed E-state index contributed by atoms with van der Waals surface area (Å²) in [6, 6.07) is 5.93. The third kappa shape index (κ3) is 2.88. The van der Waals surface area contributed by atoms with Crippen LogP contribution in [0.15, 0.2) is 35.2 Å². The van der Waals surface area contributed by atoms with Gasteiger partial charge in [-0.15, -0.1) is 11.3 Å². The molecule has 88 valence electrons. The van der Waals surface area contributed by atoms with Crippen LogP contribution in [0, 0.1) is 5.82 Å². The molecule has 0 aliphatic heterocycles. The minimum absolute atomic E-state index is 0.247. The normalized spacial score (nSPS) is 12.1. The van der Waals surface area contributed by atoms with E-state index in [0.29, 0.717) is 5.69 Å². The molecule has 0 saturated carbocycles. The van der Waals surface area contributed by atoms with E-state index in [2.05, 4.69) is 10.3 Å². The van der Waals surface area contributed by atoms with Crippen LogP contribution < -0.4 is 5.32 Å². The van der Waals surface area contributed by atoms with Gasteiger partial charge in [-0.05, 0) is 24.6 Å². The second-order valence-electron chi connectivity index (χ2n) is 3.62. The standard InChI is InChI=1S/C12H11FN2OS/c1-8(9-3-2-4-10(13)5-9)15-12(16)11-6-17-7-14-11/h2-8H,1H3,(H,15,16). The van der Waals surface area contributed by atoms with Crippen molar-refractivity contribution in [3.05, 3.63) is 52.2 Å². The first kappa shape index (κ1) is 11.7. The Bertz CT molecular complexity index is 513. The molecule has 1 unspecified atom stereocenters. The lowest BCUT2D eigenvalue weighted by atomic mass is 10.1. The van der Waals surface area contributed by atoms with Crippen LogP contribution in [0.4, 0.5) is 4.39 Å². The zero-order valence-electron chi connectivity index (χ0n) is 9.18. The number of halogens is 1. The van der Waals surface area contributed by atoms with Gasteiger partial charge < -0.3 is 5.32 Å². The average molecular weight is 250 g/mol. The molecule has 1 amide bonds. The van der Waals surface area contributed by atoms with Crippen LogP contribution in [0.1, 0.15) is 29.0 Å². The highest BCUT2D eigenvalue weighted by Crippen LogP contribution is 2.14. The first-order valence-electron chi connectivity index (χ1n) is 5.11. The molecule has 1 aromatic heterocycles. The summed E-state index contributed by atoms with van der Waals surface area (Å²) in [5, 5.41) is 4.44. The molecule has 0 radical (unpaired) electrons. The fourth-order valence-corrected chi connectivity index (χ4v) is 1.99. The molecule has 0 bridgehead atoms. The van der Waals surface area contributed by atoms with E-state index >= 15 is 0 Å². The van der Waals surface area contributed by atoms with Gasteiger partial charge in [-0.3, -0.25) is 4.79 Å². The zero-order valence-corrected chi connectivity index (χ0v) is 10.00. The SMILES string of the molecule is CC(NC(=O)c1cscn1)c1cccc(F)c1. The van der Waals surface area contributed by atoms with Crippen molar-refractivity contribution in [1.29, 1.82) is 0 Å². The highest BCUT2D eigenvalue weighted by atomic mass is 32.1. The Morgan fingerprint density at radius 3 is 3.00 bits per heavy atom. The zero-order chi connectivity index (χ0) is 12.3. The highest BCUT2D eigenvalue weighted by molar-refractivity contribution is 7.07. The number of hydrogen-bond acceptors (Lipinski definition) is 3. The van der Waals surface area contributed by atoms with Crippen LogP contribution in [0.25, 0.3) is 0 Å². The van der Waals surface area contributed by atoms with E-state index in [-0.39, 0.29) is 17.8 Å². The van der Waals surface area contributed by atoms with Gasteiger partial charge in [0.25, 0.3) is 5.91 Å². The predicted octanol–water partition coefficient (Wildman–Crippen LogP) is 2.77. The summed E-state index contributed by atoms with van der Waals surface area (Å²) in [5.74, 6) is -0.555. The van der Waals surface area contributed by atoms with Crippen molar-refractivity contribution >= 4 is 17.2 Å². The van der Waals surface area contributed by atoms with Crippen molar-refractivity contribution in [2.75, 3.05) is 0 Å². The van der Waals surface area contributed by atoms with Gasteiger partial charge in [0.15, 0.2) is 0 Å². The van der Waals surface area contributed by atoms with Gasteiger partial charge in [0, 0.05) is 5.38 Å². The molecule has 0 saturated heterocycles. The summed E-state index contributed by atoms with van der Waals surface area (Å²) < 4.78 is 13.0. The van der Waals surface area contributed by atoms with E-state index in [4.69, 9.17) is 0 Å². The Balaban J connectivity index is 2.07. The number of carbonyl (C=O) groups excluding carboxylic acids is 1. The number of thiazole rings is 1. The monoisotopic (exact) mass is 250 g/mol. The van der Waals surface area contributed by atoms with Crippen LogP contribution in [0.3, 0.4) is 0 Å². The van der Waals surface area contributed by atoms with E-state index < -0.39 is 0 Å². The van der Waals surface area contributed by atoms with Crippen LogP contribution in [-0.2, 0) is 0 Å². The maximum Gasteiger partial charge on any atom is 0.271 e. The second-order valence-corrected chi connectivity index (χ2v) is 4.34. The molecule has 0 aliphatic rings. The lowest BCUT2D eigenvalue weighted by molar-refractivity contribution is 0.0935. The summed E-state index contributed by atoms with van der Waals surface area (Å²) in [6.45, 7) is 1.80. The van der Waals surface area contributed by atoms with Gasteiger partial charge in [-0.25, -0.2) is 9.37 Å². The maximum atomic E-state index is 13.0. The Labute approximate surface area is 102 Å². The number of rotatable bonds is 3. The minimum Gasteiger partial charge on any atom is -0.344 e. The van der Waals surface area contributed by atoms with Crippen LogP contribution in [0.5, 0.6) is 0 Å². The molecule has 2 aromatic rings. The predicted molar refractivity (Wildman–Crippen MR) is 64.4 cm³/mol. The molecule has 1 N–H and O–H groups in total. The molecule has 1 atom stereocenters. The maximum absolute atomic E-state index is 13.0. The van der Waals surface area contributed by atoms with Gasteiger partial charge in [-0.2, -0.15) is 0 Å². The van der Waals surface area contributed by atoms with E-state index in [9.17, 15) is 9.18 Å². The number of hydrogen-bond donors (Lipinski definition) is 1. The molecule has 1 heterocycles. The Morgan fingerprint density at radius 2 is 2.35 bits per heavy atom. The van der Waals surface area contributed by atoms with Gasteiger partial charge in [0.05, 0.1) is 11.6 Å². The van der Waals surface area contributed by atoms with E-state index in [1.165, 1.54) is 23.5 Å². The number of nitrogens with one attached hydrogen (secondary N) is 1. The minimum atomic E-state index is -0.308. The summed E-state index contributed by atoms with van der Waals surface area (Å²) in [5.41, 5.74) is 2.72. The summed E-state index contributed by atoms with van der Waals surface area (Å²) >= 11 is 1.36. The first-order chi connectivity index (χ1) is 8.16. The average Bonchev–Trinajstić information content (AvgIpc) is 2.82. The Morgan fingerprint density at radius 1 is 1.53 bits per heavy atom. The smallest absolute Gasteiger partial charge is 0.271 e. The fraction of sp³-hybridized carbons (Fsp3) is 0.167. The number of benzene rings is 1. The molecule has 0 aliphatic carbocycles. The van der Waals surface area contributed by atoms with Crippen molar-refractivity contribution < 1.29 is 9.18 Å². The summed E-state index contributed by atoms with van der Waals surface area (Å²) in [7, 11) is 0. The van der Waals surface area contributed by atoms with E-state index in [1.807, 2.05) is 0 Å². The number of carbonyl (C=O) groups is 1. The molecule has 3 nitrogen and oxygen atoms in total. The fourth-order valence-electron chi connectivity index (χ4n) is 1.45. The molecule has 5 heteroatoms. The second kappa shape index (κ2) is 5.05. The number of amides is 1. The Hall–Kier alpha value is -1.75. The van der Waals surface area contributed by atoms with Crippen LogP contribution in [0.2, 0.25) is 0 Å². The summed E-state index contributed by atoms with van der Waals surface area (Å²) in [6.07, 6.45) is 0. The molecule has 0 spiro atoms. The molecule has 2 rings (SSSR count). The lowest BCUT2D eigenvalue weighted by Gasteiger charge is -2.13. The molecule has 0 fully saturated rings. The van der Waals surface area contributed by atoms with Gasteiger partial charge in [0.1, 0.15) is 11.5 Å². The van der Waals surface area contributed by atoms with Crippen molar-refractivity contribution in [2.45, 2.75) is 13.0 Å². The van der Waals surface area contributed by atoms with Crippen molar-refractivity contribution in [3.8, 4) is 0 Å². The molecule has 17 heavy (non-hydrogen) atoms. The highest BCUT2D eigenvalue weighted by Gasteiger charge is 2.12. The Kier molecular flexibility index (Phi) is 3.49. The van der Waals surface area contributed by atoms with Crippen molar-refractivity contribution in [1.82, 2.24) is 10.3 Å². The molecule has 1 aromatic carbocycles. The summed E-state index contributed by atoms with van der Waals surface area (Å²) in [4.78, 5) is 15.6. The van der Waals surface area contributed by atoms with Crippen LogP contribution in [-0.4, -0.2) is 10.9 Å². The number of aromatic nitrogens is 1. The van der Waals surface area contributed by atoms with Gasteiger partial charge >= 0.3 is 0 Å². The molecular weight excluding hydrogens is 239 g/mol. The van der Waals surface area contributed by atoms with Crippen LogP contribution >= 0.6 is 11.3 Å². The van der Waals surface area contributed by atoms with Gasteiger partial charge in [0.2, 0.25) is 0 Å². The largest absolute Gasteiger partial charge is 0.344 e. The third-order valence-corrected chi connectivity index (χ3v) is 2.95. The first-order valence-corrected chi connectivity index (χ1v) is 6.05. The number of nitrogens with zero attached hydrogens (tertiary/aromatic N) is 1. The van der Waals surface area contributed by atoms with Crippen molar-refractivity contribution in [3.63, 3.8) is 0 Å². The van der Waals surface area contributed by atoms with Crippen molar-refractivity contribution in [2.24, 2.45) is 0 Å². The van der Waals surface area contributed by atoms with E-state index in [1.54, 1.807) is 29.9 Å². The van der Waals surface area contributed by atoms with Gasteiger partial charge in [-0.1, -0.05) is 12.1 Å².